The van der Waals surface area contributed by atoms with E-state index in [9.17, 15) is 8.42 Å². The molecule has 6 nitrogen and oxygen atoms in total. The summed E-state index contributed by atoms with van der Waals surface area (Å²) in [6.45, 7) is 2.62. The lowest BCUT2D eigenvalue weighted by molar-refractivity contribution is -0.0411. The number of hydrogen-bond donors (Lipinski definition) is 0. The number of aryl methyl sites for hydroxylation is 1. The molecule has 2 unspecified atom stereocenters. The lowest BCUT2D eigenvalue weighted by Gasteiger charge is -2.34. The van der Waals surface area contributed by atoms with Crippen LogP contribution in [0.5, 0.6) is 0 Å². The van der Waals surface area contributed by atoms with Gasteiger partial charge in [0.2, 0.25) is 10.0 Å². The van der Waals surface area contributed by atoms with Crippen LogP contribution in [0.1, 0.15) is 6.92 Å². The first-order valence-corrected chi connectivity index (χ1v) is 8.20. The Kier molecular flexibility index (Phi) is 4.10. The molecule has 102 valence electrons. The van der Waals surface area contributed by atoms with Crippen molar-refractivity contribution in [3.05, 3.63) is 12.4 Å². The second kappa shape index (κ2) is 5.28. The number of aromatic nitrogens is 2. The topological polar surface area (TPSA) is 64.4 Å². The summed E-state index contributed by atoms with van der Waals surface area (Å²) in [7, 11) is -1.77. The van der Waals surface area contributed by atoms with Crippen LogP contribution >= 0.6 is 15.9 Å². The molecule has 0 aliphatic carbocycles. The zero-order valence-corrected chi connectivity index (χ0v) is 12.7. The van der Waals surface area contributed by atoms with Crippen molar-refractivity contribution in [2.24, 2.45) is 7.05 Å². The van der Waals surface area contributed by atoms with Crippen molar-refractivity contribution in [1.82, 2.24) is 14.1 Å². The highest BCUT2D eigenvalue weighted by atomic mass is 79.9. The van der Waals surface area contributed by atoms with Gasteiger partial charge in [0, 0.05) is 31.7 Å². The van der Waals surface area contributed by atoms with Gasteiger partial charge < -0.3 is 4.74 Å². The van der Waals surface area contributed by atoms with Gasteiger partial charge in [-0.05, 0) is 6.92 Å². The molecule has 1 saturated heterocycles. The Morgan fingerprint density at radius 3 is 2.83 bits per heavy atom. The van der Waals surface area contributed by atoms with Gasteiger partial charge in [-0.2, -0.15) is 9.40 Å². The molecule has 0 saturated carbocycles. The molecule has 0 N–H and O–H groups in total. The fourth-order valence-corrected chi connectivity index (χ4v) is 3.86. The zero-order valence-electron chi connectivity index (χ0n) is 10.3. The number of hydrogen-bond acceptors (Lipinski definition) is 4. The summed E-state index contributed by atoms with van der Waals surface area (Å²) in [6, 6.07) is 0. The molecule has 0 bridgehead atoms. The minimum absolute atomic E-state index is 0.104. The van der Waals surface area contributed by atoms with Crippen LogP contribution in [0.3, 0.4) is 0 Å². The van der Waals surface area contributed by atoms with E-state index in [0.717, 1.165) is 0 Å². The van der Waals surface area contributed by atoms with Crippen LogP contribution in [0.15, 0.2) is 17.3 Å². The van der Waals surface area contributed by atoms with Crippen molar-refractivity contribution >= 4 is 26.0 Å². The third kappa shape index (κ3) is 2.76. The molecule has 18 heavy (non-hydrogen) atoms. The van der Waals surface area contributed by atoms with Gasteiger partial charge in [-0.25, -0.2) is 8.42 Å². The summed E-state index contributed by atoms with van der Waals surface area (Å²) >= 11 is 3.33. The second-order valence-corrected chi connectivity index (χ2v) is 6.98. The SMILES string of the molecule is CC1CN(S(=O)(=O)c2cnn(C)c2)CC(CBr)O1. The molecule has 2 heterocycles. The Morgan fingerprint density at radius 1 is 1.56 bits per heavy atom. The highest BCUT2D eigenvalue weighted by molar-refractivity contribution is 9.09. The fraction of sp³-hybridized carbons (Fsp3) is 0.700. The number of halogens is 1. The normalized spacial score (nSPS) is 26.4. The Bertz CT molecular complexity index is 516. The molecule has 8 heteroatoms. The molecule has 1 aromatic rings. The minimum Gasteiger partial charge on any atom is -0.372 e. The van der Waals surface area contributed by atoms with E-state index in [-0.39, 0.29) is 17.1 Å². The molecule has 0 aromatic carbocycles. The number of alkyl halides is 1. The lowest BCUT2D eigenvalue weighted by Crippen LogP contribution is -2.49. The Labute approximate surface area is 115 Å². The highest BCUT2D eigenvalue weighted by Crippen LogP contribution is 2.21. The Morgan fingerprint density at radius 2 is 2.28 bits per heavy atom. The van der Waals surface area contributed by atoms with Gasteiger partial charge in [0.25, 0.3) is 0 Å². The van der Waals surface area contributed by atoms with Gasteiger partial charge in [0.05, 0.1) is 18.4 Å². The average Bonchev–Trinajstić information content (AvgIpc) is 2.75. The molecule has 1 aliphatic rings. The molecule has 1 aromatic heterocycles. The van der Waals surface area contributed by atoms with Crippen LogP contribution in [-0.4, -0.2) is 53.1 Å². The van der Waals surface area contributed by atoms with Gasteiger partial charge in [-0.1, -0.05) is 15.9 Å². The molecule has 1 fully saturated rings. The van der Waals surface area contributed by atoms with Gasteiger partial charge in [-0.15, -0.1) is 0 Å². The van der Waals surface area contributed by atoms with E-state index in [1.54, 1.807) is 7.05 Å². The van der Waals surface area contributed by atoms with Gasteiger partial charge in [0.1, 0.15) is 4.90 Å². The van der Waals surface area contributed by atoms with E-state index in [2.05, 4.69) is 21.0 Å². The van der Waals surface area contributed by atoms with E-state index >= 15 is 0 Å². The first kappa shape index (κ1) is 14.0. The number of nitrogens with zero attached hydrogens (tertiary/aromatic N) is 3. The molecule has 0 radical (unpaired) electrons. The standard InChI is InChI=1S/C10H16BrN3O3S/c1-8-5-14(6-9(3-11)17-8)18(15,16)10-4-12-13(2)7-10/h4,7-9H,3,5-6H2,1-2H3. The molecule has 1 aliphatic heterocycles. The van der Waals surface area contributed by atoms with Crippen LogP contribution in [0.25, 0.3) is 0 Å². The predicted molar refractivity (Wildman–Crippen MR) is 70.1 cm³/mol. The summed E-state index contributed by atoms with van der Waals surface area (Å²) in [6.07, 6.45) is 2.67. The largest absolute Gasteiger partial charge is 0.372 e. The Balaban J connectivity index is 2.24. The van der Waals surface area contributed by atoms with Crippen molar-refractivity contribution < 1.29 is 13.2 Å². The van der Waals surface area contributed by atoms with Crippen molar-refractivity contribution in [2.75, 3.05) is 18.4 Å². The smallest absolute Gasteiger partial charge is 0.246 e. The zero-order chi connectivity index (χ0) is 13.3. The van der Waals surface area contributed by atoms with E-state index in [1.165, 1.54) is 21.4 Å². The van der Waals surface area contributed by atoms with Crippen LogP contribution in [0.2, 0.25) is 0 Å². The van der Waals surface area contributed by atoms with Crippen LogP contribution < -0.4 is 0 Å². The van der Waals surface area contributed by atoms with Gasteiger partial charge in [0.15, 0.2) is 0 Å². The van der Waals surface area contributed by atoms with E-state index in [0.29, 0.717) is 18.4 Å². The molecule has 2 atom stereocenters. The first-order valence-electron chi connectivity index (χ1n) is 5.63. The summed E-state index contributed by atoms with van der Waals surface area (Å²) < 4.78 is 33.4. The van der Waals surface area contributed by atoms with Crippen LogP contribution in [-0.2, 0) is 21.8 Å². The maximum absolute atomic E-state index is 12.4. The molecular formula is C10H16BrN3O3S. The van der Waals surface area contributed by atoms with Crippen molar-refractivity contribution in [3.63, 3.8) is 0 Å². The third-order valence-electron chi connectivity index (χ3n) is 2.78. The van der Waals surface area contributed by atoms with Crippen molar-refractivity contribution in [1.29, 1.82) is 0 Å². The number of rotatable bonds is 3. The monoisotopic (exact) mass is 337 g/mol. The predicted octanol–water partition coefficient (Wildman–Crippen LogP) is 0.593. The summed E-state index contributed by atoms with van der Waals surface area (Å²) in [5.74, 6) is 0. The third-order valence-corrected chi connectivity index (χ3v) is 5.29. The number of ether oxygens (including phenoxy) is 1. The molecule has 0 amide bonds. The fourth-order valence-electron chi connectivity index (χ4n) is 1.97. The lowest BCUT2D eigenvalue weighted by atomic mass is 10.3. The average molecular weight is 338 g/mol. The highest BCUT2D eigenvalue weighted by Gasteiger charge is 2.34. The first-order chi connectivity index (χ1) is 8.43. The number of sulfonamides is 1. The van der Waals surface area contributed by atoms with E-state index < -0.39 is 10.0 Å². The molecular weight excluding hydrogens is 322 g/mol. The van der Waals surface area contributed by atoms with Crippen molar-refractivity contribution in [3.8, 4) is 0 Å². The molecule has 2 rings (SSSR count). The quantitative estimate of drug-likeness (QED) is 0.757. The second-order valence-electron chi connectivity index (χ2n) is 4.39. The maximum atomic E-state index is 12.4. The van der Waals surface area contributed by atoms with Crippen LogP contribution in [0, 0.1) is 0 Å². The summed E-state index contributed by atoms with van der Waals surface area (Å²) in [5, 5.41) is 4.53. The van der Waals surface area contributed by atoms with Crippen LogP contribution in [0.4, 0.5) is 0 Å². The van der Waals surface area contributed by atoms with Crippen molar-refractivity contribution in [2.45, 2.75) is 24.0 Å². The van der Waals surface area contributed by atoms with E-state index in [1.807, 2.05) is 6.92 Å². The van der Waals surface area contributed by atoms with E-state index in [4.69, 9.17) is 4.74 Å². The minimum atomic E-state index is -3.47. The maximum Gasteiger partial charge on any atom is 0.246 e. The molecule has 0 spiro atoms. The van der Waals surface area contributed by atoms with Gasteiger partial charge in [-0.3, -0.25) is 4.68 Å². The van der Waals surface area contributed by atoms with Gasteiger partial charge >= 0.3 is 0 Å². The number of morpholine rings is 1. The summed E-state index contributed by atoms with van der Waals surface area (Å²) in [4.78, 5) is 0.229. The summed E-state index contributed by atoms with van der Waals surface area (Å²) in [5.41, 5.74) is 0. The Hall–Kier alpha value is -0.440.